The van der Waals surface area contributed by atoms with Crippen LogP contribution in [0.2, 0.25) is 0 Å². The predicted molar refractivity (Wildman–Crippen MR) is 81.1 cm³/mol. The number of rotatable bonds is 6. The van der Waals surface area contributed by atoms with E-state index in [2.05, 4.69) is 0 Å². The molecule has 0 N–H and O–H groups in total. The van der Waals surface area contributed by atoms with Crippen LogP contribution in [0, 0.1) is 0 Å². The number of furan rings is 1. The van der Waals surface area contributed by atoms with Gasteiger partial charge in [-0.1, -0.05) is 0 Å². The Hall–Kier alpha value is -2.43. The van der Waals surface area contributed by atoms with Crippen LogP contribution < -0.4 is 9.47 Å². The smallest absolute Gasteiger partial charge is 0.290 e. The number of hydrogen-bond acceptors (Lipinski definition) is 4. The van der Waals surface area contributed by atoms with Gasteiger partial charge in [-0.2, -0.15) is 0 Å². The van der Waals surface area contributed by atoms with Gasteiger partial charge in [-0.3, -0.25) is 4.79 Å². The van der Waals surface area contributed by atoms with Gasteiger partial charge < -0.3 is 18.8 Å². The number of carbonyl (C=O) groups excluding carboxylic acids is 1. The van der Waals surface area contributed by atoms with Crippen LogP contribution in [-0.4, -0.2) is 31.1 Å². The van der Waals surface area contributed by atoms with Crippen LogP contribution in [0.5, 0.6) is 11.5 Å². The number of benzene rings is 1. The van der Waals surface area contributed by atoms with Gasteiger partial charge >= 0.3 is 0 Å². The number of methoxy groups -OCH3 is 2. The van der Waals surface area contributed by atoms with Crippen molar-refractivity contribution < 1.29 is 18.7 Å². The summed E-state index contributed by atoms with van der Waals surface area (Å²) in [6.45, 7) is 0.477. The lowest BCUT2D eigenvalue weighted by molar-refractivity contribution is 0.0696. The number of ether oxygens (including phenoxy) is 2. The lowest BCUT2D eigenvalue weighted by atomic mass is 10.1. The molecule has 1 fully saturated rings. The number of amides is 1. The van der Waals surface area contributed by atoms with E-state index in [1.807, 2.05) is 23.1 Å². The first-order chi connectivity index (χ1) is 10.7. The summed E-state index contributed by atoms with van der Waals surface area (Å²) in [5.74, 6) is 1.78. The van der Waals surface area contributed by atoms with Crippen molar-refractivity contribution in [3.05, 3.63) is 47.9 Å². The Balaban J connectivity index is 1.86. The van der Waals surface area contributed by atoms with E-state index in [1.165, 1.54) is 6.26 Å². The van der Waals surface area contributed by atoms with Crippen LogP contribution in [0.25, 0.3) is 0 Å². The largest absolute Gasteiger partial charge is 0.497 e. The maximum absolute atomic E-state index is 12.6. The zero-order valence-corrected chi connectivity index (χ0v) is 12.7. The van der Waals surface area contributed by atoms with Crippen LogP contribution in [0.3, 0.4) is 0 Å². The summed E-state index contributed by atoms with van der Waals surface area (Å²) in [5.41, 5.74) is 0.925. The van der Waals surface area contributed by atoms with E-state index < -0.39 is 0 Å². The first-order valence-corrected chi connectivity index (χ1v) is 7.28. The van der Waals surface area contributed by atoms with Crippen molar-refractivity contribution in [1.29, 1.82) is 0 Å². The van der Waals surface area contributed by atoms with Crippen molar-refractivity contribution in [2.24, 2.45) is 0 Å². The summed E-state index contributed by atoms with van der Waals surface area (Å²) >= 11 is 0. The molecule has 1 aromatic carbocycles. The summed E-state index contributed by atoms with van der Waals surface area (Å²) < 4.78 is 15.9. The van der Waals surface area contributed by atoms with Gasteiger partial charge in [-0.05, 0) is 43.2 Å². The minimum Gasteiger partial charge on any atom is -0.497 e. The Morgan fingerprint density at radius 1 is 1.27 bits per heavy atom. The second-order valence-corrected chi connectivity index (χ2v) is 5.32. The number of nitrogens with zero attached hydrogens (tertiary/aromatic N) is 1. The second-order valence-electron chi connectivity index (χ2n) is 5.32. The van der Waals surface area contributed by atoms with Crippen LogP contribution in [0.15, 0.2) is 41.0 Å². The van der Waals surface area contributed by atoms with Crippen LogP contribution in [0.1, 0.15) is 29.0 Å². The van der Waals surface area contributed by atoms with E-state index in [4.69, 9.17) is 13.9 Å². The molecule has 0 bridgehead atoms. The van der Waals surface area contributed by atoms with Gasteiger partial charge in [0.1, 0.15) is 11.5 Å². The van der Waals surface area contributed by atoms with Gasteiger partial charge in [0.05, 0.1) is 27.0 Å². The summed E-state index contributed by atoms with van der Waals surface area (Å²) in [7, 11) is 3.25. The zero-order chi connectivity index (χ0) is 15.5. The average molecular weight is 301 g/mol. The molecule has 0 spiro atoms. The topological polar surface area (TPSA) is 51.9 Å². The van der Waals surface area contributed by atoms with Crippen LogP contribution >= 0.6 is 0 Å². The van der Waals surface area contributed by atoms with Crippen molar-refractivity contribution in [1.82, 2.24) is 4.90 Å². The molecule has 1 heterocycles. The molecule has 0 radical (unpaired) electrons. The van der Waals surface area contributed by atoms with Gasteiger partial charge in [0, 0.05) is 11.6 Å². The lowest BCUT2D eigenvalue weighted by Crippen LogP contribution is -2.32. The van der Waals surface area contributed by atoms with Crippen molar-refractivity contribution in [3.8, 4) is 11.5 Å². The Morgan fingerprint density at radius 3 is 2.68 bits per heavy atom. The quantitative estimate of drug-likeness (QED) is 0.822. The van der Waals surface area contributed by atoms with E-state index in [1.54, 1.807) is 26.4 Å². The summed E-state index contributed by atoms with van der Waals surface area (Å²) in [5, 5.41) is 0. The molecule has 1 aromatic heterocycles. The number of hydrogen-bond donors (Lipinski definition) is 0. The molecule has 0 saturated heterocycles. The zero-order valence-electron chi connectivity index (χ0n) is 12.7. The Kier molecular flexibility index (Phi) is 4.04. The van der Waals surface area contributed by atoms with Crippen molar-refractivity contribution in [2.75, 3.05) is 14.2 Å². The normalized spacial score (nSPS) is 13.7. The molecule has 5 heteroatoms. The standard InChI is InChI=1S/C17H19NO4/c1-20-14-7-8-15(21-2)12(10-14)11-18(13-5-6-13)17(19)16-4-3-9-22-16/h3-4,7-10,13H,5-6,11H2,1-2H3. The Bertz CT molecular complexity index is 647. The highest BCUT2D eigenvalue weighted by Crippen LogP contribution is 2.33. The van der Waals surface area contributed by atoms with E-state index in [0.717, 1.165) is 29.9 Å². The molecule has 2 aromatic rings. The predicted octanol–water partition coefficient (Wildman–Crippen LogP) is 3.10. The van der Waals surface area contributed by atoms with E-state index in [-0.39, 0.29) is 11.9 Å². The summed E-state index contributed by atoms with van der Waals surface area (Å²) in [6.07, 6.45) is 3.57. The second kappa shape index (κ2) is 6.13. The van der Waals surface area contributed by atoms with E-state index >= 15 is 0 Å². The molecule has 1 aliphatic carbocycles. The van der Waals surface area contributed by atoms with Crippen molar-refractivity contribution in [2.45, 2.75) is 25.4 Å². The van der Waals surface area contributed by atoms with E-state index in [9.17, 15) is 4.79 Å². The average Bonchev–Trinajstić information content (AvgIpc) is 3.24. The molecule has 0 unspecified atom stereocenters. The molecule has 0 atom stereocenters. The molecule has 116 valence electrons. The van der Waals surface area contributed by atoms with Gasteiger partial charge in [0.15, 0.2) is 5.76 Å². The Morgan fingerprint density at radius 2 is 2.09 bits per heavy atom. The van der Waals surface area contributed by atoms with Crippen molar-refractivity contribution in [3.63, 3.8) is 0 Å². The fourth-order valence-electron chi connectivity index (χ4n) is 2.48. The van der Waals surface area contributed by atoms with Gasteiger partial charge in [0.25, 0.3) is 5.91 Å². The third-order valence-corrected chi connectivity index (χ3v) is 3.81. The molecular formula is C17H19NO4. The summed E-state index contributed by atoms with van der Waals surface area (Å²) in [4.78, 5) is 14.4. The minimum atomic E-state index is -0.0858. The van der Waals surface area contributed by atoms with Crippen molar-refractivity contribution >= 4 is 5.91 Å². The number of carbonyl (C=O) groups is 1. The molecule has 22 heavy (non-hydrogen) atoms. The fraction of sp³-hybridized carbons (Fsp3) is 0.353. The maximum atomic E-state index is 12.6. The highest BCUT2D eigenvalue weighted by molar-refractivity contribution is 5.91. The minimum absolute atomic E-state index is 0.0858. The fourth-order valence-corrected chi connectivity index (χ4v) is 2.48. The lowest BCUT2D eigenvalue weighted by Gasteiger charge is -2.23. The SMILES string of the molecule is COc1ccc(OC)c(CN(C(=O)c2ccco2)C2CC2)c1. The first kappa shape index (κ1) is 14.5. The molecular weight excluding hydrogens is 282 g/mol. The van der Waals surface area contributed by atoms with Gasteiger partial charge in [-0.15, -0.1) is 0 Å². The van der Waals surface area contributed by atoms with Gasteiger partial charge in [0.2, 0.25) is 0 Å². The molecule has 0 aliphatic heterocycles. The molecule has 1 aliphatic rings. The Labute approximate surface area is 129 Å². The van der Waals surface area contributed by atoms with Crippen LogP contribution in [-0.2, 0) is 6.54 Å². The third kappa shape index (κ3) is 2.93. The highest BCUT2D eigenvalue weighted by Gasteiger charge is 2.34. The summed E-state index contributed by atoms with van der Waals surface area (Å²) in [6, 6.07) is 9.30. The van der Waals surface area contributed by atoms with E-state index in [0.29, 0.717) is 12.3 Å². The molecule has 1 amide bonds. The third-order valence-electron chi connectivity index (χ3n) is 3.81. The van der Waals surface area contributed by atoms with Crippen LogP contribution in [0.4, 0.5) is 0 Å². The first-order valence-electron chi connectivity index (χ1n) is 7.28. The highest BCUT2D eigenvalue weighted by atomic mass is 16.5. The molecule has 5 nitrogen and oxygen atoms in total. The monoisotopic (exact) mass is 301 g/mol. The maximum Gasteiger partial charge on any atom is 0.290 e. The van der Waals surface area contributed by atoms with Gasteiger partial charge in [-0.25, -0.2) is 0 Å². The molecule has 1 saturated carbocycles. The molecule has 3 rings (SSSR count).